The summed E-state index contributed by atoms with van der Waals surface area (Å²) in [7, 11) is 3.32. The molecule has 1 aromatic carbocycles. The quantitative estimate of drug-likeness (QED) is 0.379. The van der Waals surface area contributed by atoms with Crippen molar-refractivity contribution in [2.45, 2.75) is 26.2 Å². The highest BCUT2D eigenvalue weighted by Crippen LogP contribution is 2.27. The van der Waals surface area contributed by atoms with Crippen LogP contribution in [0.4, 0.5) is 0 Å². The fourth-order valence-corrected chi connectivity index (χ4v) is 3.32. The third kappa shape index (κ3) is 6.59. The summed E-state index contributed by atoms with van der Waals surface area (Å²) in [5, 5.41) is 8.81. The Kier molecular flexibility index (Phi) is 8.83. The first-order valence-corrected chi connectivity index (χ1v) is 9.90. The molecule has 0 fully saturated rings. The first-order valence-electron chi connectivity index (χ1n) is 9.02. The molecule has 1 heterocycles. The molecule has 2 aromatic rings. The van der Waals surface area contributed by atoms with Crippen molar-refractivity contribution in [1.82, 2.24) is 10.6 Å². The molecule has 0 aliphatic heterocycles. The lowest BCUT2D eigenvalue weighted by molar-refractivity contribution is 0.354. The Bertz CT molecular complexity index is 672. The highest BCUT2D eigenvalue weighted by Gasteiger charge is 2.04. The van der Waals surface area contributed by atoms with Crippen LogP contribution in [0.15, 0.2) is 40.7 Å². The largest absolute Gasteiger partial charge is 0.493 e. The van der Waals surface area contributed by atoms with Crippen LogP contribution in [0.1, 0.15) is 23.8 Å². The lowest BCUT2D eigenvalue weighted by Crippen LogP contribution is -2.38. The van der Waals surface area contributed by atoms with Gasteiger partial charge in [-0.05, 0) is 55.3 Å². The number of guanidine groups is 1. The number of hydrogen-bond acceptors (Lipinski definition) is 4. The number of rotatable bonds is 10. The molecule has 0 aliphatic rings. The normalized spacial score (nSPS) is 11.3. The van der Waals surface area contributed by atoms with Gasteiger partial charge in [0.05, 0.1) is 14.2 Å². The summed E-state index contributed by atoms with van der Waals surface area (Å²) in [5.74, 6) is 2.42. The van der Waals surface area contributed by atoms with E-state index in [2.05, 4.69) is 46.1 Å². The van der Waals surface area contributed by atoms with Crippen LogP contribution in [-0.4, -0.2) is 39.8 Å². The molecule has 0 saturated heterocycles. The van der Waals surface area contributed by atoms with E-state index >= 15 is 0 Å². The minimum Gasteiger partial charge on any atom is -0.493 e. The molecule has 142 valence electrons. The number of methoxy groups -OCH3 is 2. The zero-order chi connectivity index (χ0) is 18.6. The molecule has 2 N–H and O–H groups in total. The van der Waals surface area contributed by atoms with E-state index in [9.17, 15) is 0 Å². The molecule has 0 bridgehead atoms. The number of benzene rings is 1. The average molecular weight is 376 g/mol. The highest BCUT2D eigenvalue weighted by atomic mass is 32.1. The summed E-state index contributed by atoms with van der Waals surface area (Å²) >= 11 is 1.79. The summed E-state index contributed by atoms with van der Waals surface area (Å²) in [6, 6.07) is 10.3. The second-order valence-corrected chi connectivity index (χ2v) is 6.84. The van der Waals surface area contributed by atoms with Gasteiger partial charge in [-0.3, -0.25) is 4.99 Å². The summed E-state index contributed by atoms with van der Waals surface area (Å²) in [4.78, 5) is 6.06. The maximum absolute atomic E-state index is 5.36. The second kappa shape index (κ2) is 11.4. The van der Waals surface area contributed by atoms with Gasteiger partial charge in [0.25, 0.3) is 0 Å². The molecular formula is C20H29N3O2S. The fourth-order valence-electron chi connectivity index (χ4n) is 2.61. The number of nitrogens with one attached hydrogen (secondary N) is 2. The standard InChI is InChI=1S/C20H29N3O2S/c1-4-21-20(23-13-11-17-8-6-14-26-17)22-12-5-7-16-9-10-18(24-2)19(15-16)25-3/h6,8-10,14-15H,4-5,7,11-13H2,1-3H3,(H2,21,22,23). The Morgan fingerprint density at radius 2 is 1.92 bits per heavy atom. The van der Waals surface area contributed by atoms with E-state index in [4.69, 9.17) is 9.47 Å². The van der Waals surface area contributed by atoms with E-state index in [-0.39, 0.29) is 0 Å². The minimum absolute atomic E-state index is 0.763. The zero-order valence-electron chi connectivity index (χ0n) is 15.9. The number of ether oxygens (including phenoxy) is 2. The molecule has 0 spiro atoms. The van der Waals surface area contributed by atoms with Gasteiger partial charge in [0.1, 0.15) is 0 Å². The molecule has 0 amide bonds. The van der Waals surface area contributed by atoms with Crippen LogP contribution in [0, 0.1) is 0 Å². The van der Waals surface area contributed by atoms with Gasteiger partial charge in [-0.1, -0.05) is 12.1 Å². The van der Waals surface area contributed by atoms with Crippen LogP contribution in [-0.2, 0) is 12.8 Å². The van der Waals surface area contributed by atoms with E-state index in [1.54, 1.807) is 25.6 Å². The Morgan fingerprint density at radius 3 is 2.62 bits per heavy atom. The van der Waals surface area contributed by atoms with Gasteiger partial charge < -0.3 is 20.1 Å². The van der Waals surface area contributed by atoms with E-state index in [1.807, 2.05) is 12.1 Å². The van der Waals surface area contributed by atoms with Gasteiger partial charge in [-0.25, -0.2) is 0 Å². The van der Waals surface area contributed by atoms with E-state index < -0.39 is 0 Å². The number of thiophene rings is 1. The third-order valence-corrected chi connectivity index (χ3v) is 4.87. The molecule has 6 heteroatoms. The van der Waals surface area contributed by atoms with Crippen molar-refractivity contribution in [1.29, 1.82) is 0 Å². The maximum Gasteiger partial charge on any atom is 0.191 e. The van der Waals surface area contributed by atoms with Crippen molar-refractivity contribution in [3.63, 3.8) is 0 Å². The third-order valence-electron chi connectivity index (χ3n) is 3.93. The molecule has 0 radical (unpaired) electrons. The fraction of sp³-hybridized carbons (Fsp3) is 0.450. The minimum atomic E-state index is 0.763. The second-order valence-electron chi connectivity index (χ2n) is 5.81. The Morgan fingerprint density at radius 1 is 1.08 bits per heavy atom. The van der Waals surface area contributed by atoms with Crippen LogP contribution in [0.25, 0.3) is 0 Å². The van der Waals surface area contributed by atoms with Gasteiger partial charge in [-0.15, -0.1) is 11.3 Å². The number of aliphatic imine (C=N–C) groups is 1. The zero-order valence-corrected chi connectivity index (χ0v) is 16.7. The Hall–Kier alpha value is -2.21. The lowest BCUT2D eigenvalue weighted by Gasteiger charge is -2.11. The van der Waals surface area contributed by atoms with E-state index in [1.165, 1.54) is 10.4 Å². The first-order chi connectivity index (χ1) is 12.8. The molecule has 0 saturated carbocycles. The van der Waals surface area contributed by atoms with Crippen LogP contribution < -0.4 is 20.1 Å². The predicted octanol–water partition coefficient (Wildman–Crippen LogP) is 3.50. The summed E-state index contributed by atoms with van der Waals surface area (Å²) in [6.07, 6.45) is 2.96. The monoisotopic (exact) mass is 375 g/mol. The molecule has 0 aliphatic carbocycles. The summed E-state index contributed by atoms with van der Waals surface area (Å²) < 4.78 is 10.6. The highest BCUT2D eigenvalue weighted by molar-refractivity contribution is 7.09. The molecule has 0 unspecified atom stereocenters. The van der Waals surface area contributed by atoms with Crippen molar-refractivity contribution in [3.05, 3.63) is 46.2 Å². The summed E-state index contributed by atoms with van der Waals surface area (Å²) in [6.45, 7) is 4.62. The van der Waals surface area contributed by atoms with Gasteiger partial charge in [0.15, 0.2) is 17.5 Å². The van der Waals surface area contributed by atoms with Crippen molar-refractivity contribution in [2.24, 2.45) is 4.99 Å². The average Bonchev–Trinajstić information content (AvgIpc) is 3.18. The van der Waals surface area contributed by atoms with Gasteiger partial charge in [-0.2, -0.15) is 0 Å². The van der Waals surface area contributed by atoms with E-state index in [0.29, 0.717) is 0 Å². The Labute approximate surface area is 160 Å². The molecule has 0 atom stereocenters. The van der Waals surface area contributed by atoms with Crippen LogP contribution in [0.3, 0.4) is 0 Å². The predicted molar refractivity (Wildman–Crippen MR) is 110 cm³/mol. The lowest BCUT2D eigenvalue weighted by atomic mass is 10.1. The van der Waals surface area contributed by atoms with Gasteiger partial charge >= 0.3 is 0 Å². The number of aryl methyl sites for hydroxylation is 1. The number of hydrogen-bond donors (Lipinski definition) is 2. The molecule has 1 aromatic heterocycles. The van der Waals surface area contributed by atoms with Crippen LogP contribution in [0.5, 0.6) is 11.5 Å². The van der Waals surface area contributed by atoms with Crippen molar-refractivity contribution < 1.29 is 9.47 Å². The van der Waals surface area contributed by atoms with Crippen molar-refractivity contribution in [3.8, 4) is 11.5 Å². The molecule has 2 rings (SSSR count). The van der Waals surface area contributed by atoms with Crippen molar-refractivity contribution in [2.75, 3.05) is 33.9 Å². The molecule has 26 heavy (non-hydrogen) atoms. The Balaban J connectivity index is 1.78. The topological polar surface area (TPSA) is 54.9 Å². The maximum atomic E-state index is 5.36. The summed E-state index contributed by atoms with van der Waals surface area (Å²) in [5.41, 5.74) is 1.23. The SMILES string of the molecule is CCNC(=NCCCc1ccc(OC)c(OC)c1)NCCc1cccs1. The molecule has 5 nitrogen and oxygen atoms in total. The number of nitrogens with zero attached hydrogens (tertiary/aromatic N) is 1. The smallest absolute Gasteiger partial charge is 0.191 e. The van der Waals surface area contributed by atoms with Gasteiger partial charge in [0.2, 0.25) is 0 Å². The van der Waals surface area contributed by atoms with Crippen LogP contribution in [0.2, 0.25) is 0 Å². The van der Waals surface area contributed by atoms with Crippen LogP contribution >= 0.6 is 11.3 Å². The molecular weight excluding hydrogens is 346 g/mol. The van der Waals surface area contributed by atoms with Crippen molar-refractivity contribution >= 4 is 17.3 Å². The first kappa shape index (κ1) is 20.1. The van der Waals surface area contributed by atoms with E-state index in [0.717, 1.165) is 56.4 Å². The van der Waals surface area contributed by atoms with Gasteiger partial charge in [0, 0.05) is 24.5 Å².